The van der Waals surface area contributed by atoms with Gasteiger partial charge in [0.15, 0.2) is 0 Å². The van der Waals surface area contributed by atoms with Gasteiger partial charge in [0.1, 0.15) is 23.3 Å². The Morgan fingerprint density at radius 3 is 2.40 bits per heavy atom. The fraction of sp³-hybridized carbons (Fsp3) is 0.348. The van der Waals surface area contributed by atoms with Crippen molar-refractivity contribution in [3.8, 4) is 22.6 Å². The molecule has 0 unspecified atom stereocenters. The number of fused-ring (bicyclic) bond motifs is 1. The van der Waals surface area contributed by atoms with Crippen LogP contribution in [0.1, 0.15) is 5.56 Å². The molecule has 2 heterocycles. The van der Waals surface area contributed by atoms with E-state index in [0.29, 0.717) is 35.2 Å². The van der Waals surface area contributed by atoms with Crippen molar-refractivity contribution in [2.24, 2.45) is 0 Å². The van der Waals surface area contributed by atoms with Crippen molar-refractivity contribution in [3.63, 3.8) is 0 Å². The molecule has 1 aliphatic rings. The molecular formula is C23H26N2O5. The number of aliphatic hydroxyl groups is 1. The zero-order valence-electron chi connectivity index (χ0n) is 17.0. The summed E-state index contributed by atoms with van der Waals surface area (Å²) in [4.78, 5) is 17.6. The summed E-state index contributed by atoms with van der Waals surface area (Å²) < 4.78 is 11.1. The van der Waals surface area contributed by atoms with Crippen molar-refractivity contribution in [2.75, 3.05) is 46.4 Å². The highest BCUT2D eigenvalue weighted by Crippen LogP contribution is 2.29. The molecule has 2 aromatic carbocycles. The summed E-state index contributed by atoms with van der Waals surface area (Å²) in [6, 6.07) is 10.4. The molecule has 30 heavy (non-hydrogen) atoms. The van der Waals surface area contributed by atoms with Crippen LogP contribution in [0.15, 0.2) is 51.9 Å². The summed E-state index contributed by atoms with van der Waals surface area (Å²) in [5, 5.41) is 20.0. The maximum Gasteiger partial charge on any atom is 0.200 e. The minimum absolute atomic E-state index is 0.126. The van der Waals surface area contributed by atoms with Gasteiger partial charge in [-0.15, -0.1) is 0 Å². The fourth-order valence-corrected chi connectivity index (χ4v) is 3.91. The topological polar surface area (TPSA) is 86.4 Å². The number of hydrogen-bond acceptors (Lipinski definition) is 7. The second-order valence-corrected chi connectivity index (χ2v) is 7.49. The number of aliphatic hydroxyl groups excluding tert-OH is 1. The van der Waals surface area contributed by atoms with Crippen LogP contribution in [0.4, 0.5) is 0 Å². The molecule has 0 radical (unpaired) electrons. The number of phenolic OH excluding ortho intramolecular Hbond substituents is 1. The maximum atomic E-state index is 13.1. The molecule has 1 aromatic heterocycles. The van der Waals surface area contributed by atoms with Crippen molar-refractivity contribution in [2.45, 2.75) is 6.54 Å². The van der Waals surface area contributed by atoms with Crippen LogP contribution in [-0.2, 0) is 6.54 Å². The van der Waals surface area contributed by atoms with Crippen molar-refractivity contribution in [1.82, 2.24) is 9.80 Å². The lowest BCUT2D eigenvalue weighted by Crippen LogP contribution is -2.46. The Bertz CT molecular complexity index is 1070. The van der Waals surface area contributed by atoms with Gasteiger partial charge in [0.25, 0.3) is 0 Å². The molecule has 1 aliphatic heterocycles. The lowest BCUT2D eigenvalue weighted by molar-refractivity contribution is 0.108. The standard InChI is InChI=1S/C23H26N2O5/c1-29-17-4-2-16(3-5-17)20-15-30-23-18(22(20)28)6-7-21(27)19(23)14-25-10-8-24(9-11-25)12-13-26/h2-7,15,26-27H,8-14H2,1H3. The maximum absolute atomic E-state index is 13.1. The molecule has 7 nitrogen and oxygen atoms in total. The van der Waals surface area contributed by atoms with Crippen LogP contribution >= 0.6 is 0 Å². The van der Waals surface area contributed by atoms with Crippen LogP contribution in [0.25, 0.3) is 22.1 Å². The van der Waals surface area contributed by atoms with Gasteiger partial charge in [-0.3, -0.25) is 14.6 Å². The molecule has 1 saturated heterocycles. The number of rotatable bonds is 6. The van der Waals surface area contributed by atoms with Gasteiger partial charge in [0, 0.05) is 39.3 Å². The summed E-state index contributed by atoms with van der Waals surface area (Å²) in [5.74, 6) is 0.843. The average Bonchev–Trinajstić information content (AvgIpc) is 2.77. The number of ether oxygens (including phenoxy) is 1. The number of methoxy groups -OCH3 is 1. The van der Waals surface area contributed by atoms with E-state index in [1.165, 1.54) is 6.26 Å². The second kappa shape index (κ2) is 8.87. The van der Waals surface area contributed by atoms with E-state index < -0.39 is 0 Å². The minimum atomic E-state index is -0.129. The highest BCUT2D eigenvalue weighted by molar-refractivity contribution is 5.85. The van der Waals surface area contributed by atoms with Crippen molar-refractivity contribution in [3.05, 3.63) is 58.4 Å². The molecule has 158 valence electrons. The van der Waals surface area contributed by atoms with Gasteiger partial charge in [0.2, 0.25) is 5.43 Å². The monoisotopic (exact) mass is 410 g/mol. The van der Waals surface area contributed by atoms with Gasteiger partial charge in [0.05, 0.1) is 30.2 Å². The van der Waals surface area contributed by atoms with E-state index in [0.717, 1.165) is 37.5 Å². The van der Waals surface area contributed by atoms with E-state index in [1.807, 2.05) is 12.1 Å². The predicted octanol–water partition coefficient (Wildman–Crippen LogP) is 2.28. The van der Waals surface area contributed by atoms with E-state index in [-0.39, 0.29) is 17.8 Å². The number of piperazine rings is 1. The van der Waals surface area contributed by atoms with Gasteiger partial charge in [-0.25, -0.2) is 0 Å². The van der Waals surface area contributed by atoms with E-state index in [2.05, 4.69) is 9.80 Å². The quantitative estimate of drug-likeness (QED) is 0.645. The van der Waals surface area contributed by atoms with E-state index in [9.17, 15) is 9.90 Å². The third-order valence-corrected chi connectivity index (χ3v) is 5.68. The third kappa shape index (κ3) is 4.05. The Hall–Kier alpha value is -2.87. The molecule has 1 fully saturated rings. The molecule has 0 atom stereocenters. The lowest BCUT2D eigenvalue weighted by atomic mass is 10.0. The van der Waals surface area contributed by atoms with Crippen molar-refractivity contribution < 1.29 is 19.4 Å². The van der Waals surface area contributed by atoms with Gasteiger partial charge < -0.3 is 19.4 Å². The molecule has 2 N–H and O–H groups in total. The first-order chi connectivity index (χ1) is 14.6. The molecule has 0 aliphatic carbocycles. The number of nitrogens with zero attached hydrogens (tertiary/aromatic N) is 2. The highest BCUT2D eigenvalue weighted by atomic mass is 16.5. The van der Waals surface area contributed by atoms with Gasteiger partial charge >= 0.3 is 0 Å². The largest absolute Gasteiger partial charge is 0.507 e. The molecule has 0 amide bonds. The first kappa shape index (κ1) is 20.4. The normalized spacial score (nSPS) is 15.5. The Labute approximate surface area is 174 Å². The molecular weight excluding hydrogens is 384 g/mol. The molecule has 4 rings (SSSR count). The predicted molar refractivity (Wildman–Crippen MR) is 115 cm³/mol. The highest BCUT2D eigenvalue weighted by Gasteiger charge is 2.21. The van der Waals surface area contributed by atoms with E-state index in [1.54, 1.807) is 31.4 Å². The minimum Gasteiger partial charge on any atom is -0.507 e. The number of β-amino-alcohol motifs (C(OH)–C–C–N with tert-alkyl or cyclic N) is 1. The number of hydrogen-bond donors (Lipinski definition) is 2. The van der Waals surface area contributed by atoms with Crippen LogP contribution in [0.3, 0.4) is 0 Å². The van der Waals surface area contributed by atoms with Crippen molar-refractivity contribution >= 4 is 11.0 Å². The molecule has 7 heteroatoms. The van der Waals surface area contributed by atoms with Gasteiger partial charge in [-0.1, -0.05) is 12.1 Å². The third-order valence-electron chi connectivity index (χ3n) is 5.68. The summed E-state index contributed by atoms with van der Waals surface area (Å²) in [6.45, 7) is 4.70. The smallest absolute Gasteiger partial charge is 0.200 e. The van der Waals surface area contributed by atoms with Crippen LogP contribution in [-0.4, -0.2) is 66.5 Å². The number of benzene rings is 2. The zero-order chi connectivity index (χ0) is 21.1. The first-order valence-electron chi connectivity index (χ1n) is 10.1. The summed E-state index contributed by atoms with van der Waals surface area (Å²) in [5.41, 5.74) is 2.15. The Morgan fingerprint density at radius 1 is 1.03 bits per heavy atom. The van der Waals surface area contributed by atoms with Crippen LogP contribution in [0, 0.1) is 0 Å². The first-order valence-corrected chi connectivity index (χ1v) is 10.1. The Morgan fingerprint density at radius 2 is 1.73 bits per heavy atom. The Kier molecular flexibility index (Phi) is 6.03. The average molecular weight is 410 g/mol. The Balaban J connectivity index is 1.64. The van der Waals surface area contributed by atoms with Crippen LogP contribution in [0.2, 0.25) is 0 Å². The SMILES string of the molecule is COc1ccc(-c2coc3c(CN4CCN(CCO)CC4)c(O)ccc3c2=O)cc1. The zero-order valence-corrected chi connectivity index (χ0v) is 17.0. The van der Waals surface area contributed by atoms with Crippen LogP contribution in [0.5, 0.6) is 11.5 Å². The lowest BCUT2D eigenvalue weighted by Gasteiger charge is -2.34. The van der Waals surface area contributed by atoms with Crippen LogP contribution < -0.4 is 10.2 Å². The van der Waals surface area contributed by atoms with E-state index >= 15 is 0 Å². The summed E-state index contributed by atoms with van der Waals surface area (Å²) in [7, 11) is 1.60. The van der Waals surface area contributed by atoms with Crippen molar-refractivity contribution in [1.29, 1.82) is 0 Å². The summed E-state index contributed by atoms with van der Waals surface area (Å²) >= 11 is 0. The second-order valence-electron chi connectivity index (χ2n) is 7.49. The summed E-state index contributed by atoms with van der Waals surface area (Å²) in [6.07, 6.45) is 1.47. The fourth-order valence-electron chi connectivity index (χ4n) is 3.91. The molecule has 0 saturated carbocycles. The molecule has 0 spiro atoms. The number of phenols is 1. The van der Waals surface area contributed by atoms with E-state index in [4.69, 9.17) is 14.3 Å². The number of aromatic hydroxyl groups is 1. The molecule has 0 bridgehead atoms. The molecule has 3 aromatic rings. The van der Waals surface area contributed by atoms with Gasteiger partial charge in [-0.05, 0) is 29.8 Å². The van der Waals surface area contributed by atoms with Gasteiger partial charge in [-0.2, -0.15) is 0 Å².